The van der Waals surface area contributed by atoms with E-state index < -0.39 is 69.1 Å². The van der Waals surface area contributed by atoms with Gasteiger partial charge in [-0.1, -0.05) is 26.8 Å². The number of hydrogen-bond acceptors (Lipinski definition) is 9. The Balaban J connectivity index is 1.55. The molecular formula is C27H32O9. The van der Waals surface area contributed by atoms with E-state index in [1.807, 2.05) is 34.6 Å². The molecule has 3 aliphatic heterocycles. The minimum absolute atomic E-state index is 0.366. The Morgan fingerprint density at radius 2 is 1.86 bits per heavy atom. The number of carbonyl (C=O) groups is 3. The van der Waals surface area contributed by atoms with Crippen LogP contribution in [-0.2, 0) is 33.3 Å². The van der Waals surface area contributed by atoms with Gasteiger partial charge in [0.05, 0.1) is 19.6 Å². The normalized spacial score (nSPS) is 50.2. The molecule has 4 heterocycles. The number of methoxy groups -OCH3 is 1. The Hall–Kier alpha value is -2.49. The van der Waals surface area contributed by atoms with E-state index in [0.717, 1.165) is 0 Å². The summed E-state index contributed by atoms with van der Waals surface area (Å²) in [5, 5.41) is 11.8. The van der Waals surface area contributed by atoms with Gasteiger partial charge >= 0.3 is 11.9 Å². The number of esters is 2. The number of hydrogen-bond donors (Lipinski definition) is 1. The first-order valence-corrected chi connectivity index (χ1v) is 12.4. The molecule has 1 aromatic rings. The molecule has 2 aliphatic carbocycles. The second-order valence-corrected chi connectivity index (χ2v) is 12.1. The van der Waals surface area contributed by atoms with Crippen molar-refractivity contribution in [2.24, 2.45) is 22.2 Å². The largest absolute Gasteiger partial charge is 0.472 e. The Morgan fingerprint density at radius 1 is 1.17 bits per heavy atom. The highest BCUT2D eigenvalue weighted by atomic mass is 16.7. The summed E-state index contributed by atoms with van der Waals surface area (Å²) in [4.78, 5) is 39.5. The molecule has 0 unspecified atom stereocenters. The lowest BCUT2D eigenvalue weighted by Crippen LogP contribution is -2.75. The van der Waals surface area contributed by atoms with Crippen molar-refractivity contribution in [3.63, 3.8) is 0 Å². The zero-order chi connectivity index (χ0) is 26.1. The maximum atomic E-state index is 14.1. The van der Waals surface area contributed by atoms with Crippen LogP contribution in [0, 0.1) is 22.2 Å². The number of cyclic esters (lactones) is 1. The minimum atomic E-state index is -1.45. The summed E-state index contributed by atoms with van der Waals surface area (Å²) in [6.07, 6.45) is 4.24. The van der Waals surface area contributed by atoms with Gasteiger partial charge in [-0.25, -0.2) is 9.59 Å². The lowest BCUT2D eigenvalue weighted by Gasteiger charge is -2.65. The number of rotatable bonds is 3. The van der Waals surface area contributed by atoms with Crippen LogP contribution in [0.15, 0.2) is 35.2 Å². The smallest absolute Gasteiger partial charge is 0.339 e. The first kappa shape index (κ1) is 23.9. The molecule has 194 valence electrons. The number of fused-ring (bicyclic) bond motifs is 1. The fraction of sp³-hybridized carbons (Fsp3) is 0.667. The lowest BCUT2D eigenvalue weighted by molar-refractivity contribution is -0.233. The van der Waals surface area contributed by atoms with Gasteiger partial charge in [0.25, 0.3) is 0 Å². The number of epoxide rings is 2. The average Bonchev–Trinajstić information content (AvgIpc) is 3.64. The maximum Gasteiger partial charge on any atom is 0.339 e. The fourth-order valence-electron chi connectivity index (χ4n) is 8.80. The van der Waals surface area contributed by atoms with Crippen molar-refractivity contribution < 1.29 is 42.9 Å². The fourth-order valence-corrected chi connectivity index (χ4v) is 8.80. The van der Waals surface area contributed by atoms with Crippen LogP contribution in [0.3, 0.4) is 0 Å². The molecule has 6 rings (SSSR count). The molecule has 9 atom stereocenters. The predicted molar refractivity (Wildman–Crippen MR) is 122 cm³/mol. The monoisotopic (exact) mass is 500 g/mol. The van der Waals surface area contributed by atoms with E-state index in [1.165, 1.54) is 19.4 Å². The summed E-state index contributed by atoms with van der Waals surface area (Å²) in [6.45, 7) is 9.38. The van der Waals surface area contributed by atoms with Crippen LogP contribution in [0.2, 0.25) is 0 Å². The van der Waals surface area contributed by atoms with E-state index in [4.69, 9.17) is 23.4 Å². The number of ether oxygens (including phenoxy) is 4. The van der Waals surface area contributed by atoms with E-state index in [1.54, 1.807) is 18.4 Å². The first-order valence-electron chi connectivity index (χ1n) is 12.4. The van der Waals surface area contributed by atoms with Gasteiger partial charge in [-0.05, 0) is 38.7 Å². The van der Waals surface area contributed by atoms with Crippen LogP contribution < -0.4 is 0 Å². The number of furan rings is 1. The van der Waals surface area contributed by atoms with Crippen molar-refractivity contribution >= 4 is 17.7 Å². The Kier molecular flexibility index (Phi) is 4.43. The average molecular weight is 501 g/mol. The molecule has 1 N–H and O–H groups in total. The van der Waals surface area contributed by atoms with Crippen molar-refractivity contribution in [1.82, 2.24) is 0 Å². The number of ketones is 1. The topological polar surface area (TPSA) is 128 Å². The van der Waals surface area contributed by atoms with E-state index >= 15 is 0 Å². The van der Waals surface area contributed by atoms with Crippen LogP contribution in [-0.4, -0.2) is 58.9 Å². The van der Waals surface area contributed by atoms with Gasteiger partial charge in [-0.3, -0.25) is 4.79 Å². The lowest BCUT2D eigenvalue weighted by atomic mass is 9.37. The van der Waals surface area contributed by atoms with Crippen LogP contribution in [0.25, 0.3) is 0 Å². The third-order valence-corrected chi connectivity index (χ3v) is 10.4. The van der Waals surface area contributed by atoms with Crippen molar-refractivity contribution in [1.29, 1.82) is 0 Å². The SMILES string of the molecule is COC(=O)C=C[C@]1(C)[C@H]2CC[C@@]3(C)[C@H](c4ccoc4)OC(=O)[C@H]4O[C@]43[C@]2(C)[C@@H](O)C(=O)[C@]12OC2(C)C. The van der Waals surface area contributed by atoms with Crippen LogP contribution in [0.1, 0.15) is 59.1 Å². The molecule has 0 radical (unpaired) electrons. The molecule has 3 saturated heterocycles. The predicted octanol–water partition coefficient (Wildman–Crippen LogP) is 2.66. The van der Waals surface area contributed by atoms with Gasteiger partial charge in [0, 0.05) is 27.9 Å². The van der Waals surface area contributed by atoms with Gasteiger partial charge in [0.15, 0.2) is 17.5 Å². The summed E-state index contributed by atoms with van der Waals surface area (Å²) in [6, 6.07) is 1.76. The molecule has 9 nitrogen and oxygen atoms in total. The second-order valence-electron chi connectivity index (χ2n) is 12.1. The highest BCUT2D eigenvalue weighted by Gasteiger charge is 2.92. The van der Waals surface area contributed by atoms with Gasteiger partial charge in [0.1, 0.15) is 23.4 Å². The van der Waals surface area contributed by atoms with Crippen LogP contribution in [0.4, 0.5) is 0 Å². The quantitative estimate of drug-likeness (QED) is 0.378. The van der Waals surface area contributed by atoms with Crippen molar-refractivity contribution in [3.05, 3.63) is 36.3 Å². The van der Waals surface area contributed by atoms with E-state index in [9.17, 15) is 19.5 Å². The number of carbonyl (C=O) groups excluding carboxylic acids is 3. The highest BCUT2D eigenvalue weighted by molar-refractivity contribution is 5.99. The molecule has 0 bridgehead atoms. The second kappa shape index (κ2) is 6.68. The Morgan fingerprint density at radius 3 is 2.44 bits per heavy atom. The standard InChI is InChI=1S/C27H32O9/c1-22(2)26(36-22)18(30)17(29)25(5)15(23(26,3)11-8-16(28)32-6)7-10-24(4)19(14-9-12-33-13-14)34-21(31)20-27(24,25)35-20/h8-9,11-13,15,17,19-20,29H,7,10H2,1-6H3/t15-,17+,19+,20-,23-,24+,25+,26-,27-/m1/s1. The highest BCUT2D eigenvalue weighted by Crippen LogP contribution is 2.81. The Labute approximate surface area is 209 Å². The summed E-state index contributed by atoms with van der Waals surface area (Å²) >= 11 is 0. The summed E-state index contributed by atoms with van der Waals surface area (Å²) in [5.41, 5.74) is -5.54. The van der Waals surface area contributed by atoms with Crippen molar-refractivity contribution in [2.75, 3.05) is 7.11 Å². The molecule has 2 saturated carbocycles. The van der Waals surface area contributed by atoms with Crippen LogP contribution in [0.5, 0.6) is 0 Å². The zero-order valence-corrected chi connectivity index (χ0v) is 21.3. The molecule has 9 heteroatoms. The molecule has 2 spiro atoms. The van der Waals surface area contributed by atoms with E-state index in [2.05, 4.69) is 0 Å². The molecular weight excluding hydrogens is 468 g/mol. The Bertz CT molecular complexity index is 1200. The number of aliphatic hydroxyl groups excluding tert-OH is 1. The summed E-state index contributed by atoms with van der Waals surface area (Å²) < 4.78 is 28.5. The zero-order valence-electron chi connectivity index (χ0n) is 21.3. The molecule has 36 heavy (non-hydrogen) atoms. The van der Waals surface area contributed by atoms with E-state index in [-0.39, 0.29) is 5.92 Å². The van der Waals surface area contributed by atoms with Crippen LogP contribution >= 0.6 is 0 Å². The summed E-state index contributed by atoms with van der Waals surface area (Å²) in [5.74, 6) is -1.90. The number of aliphatic hydroxyl groups is 1. The van der Waals surface area contributed by atoms with E-state index in [0.29, 0.717) is 18.4 Å². The molecule has 0 aromatic carbocycles. The van der Waals surface area contributed by atoms with Gasteiger partial charge in [0.2, 0.25) is 0 Å². The molecule has 1 aromatic heterocycles. The van der Waals surface area contributed by atoms with Crippen molar-refractivity contribution in [2.45, 2.75) is 82.6 Å². The van der Waals surface area contributed by atoms with Gasteiger partial charge < -0.3 is 28.5 Å². The molecule has 5 aliphatic rings. The molecule has 0 amide bonds. The molecule has 5 fully saturated rings. The number of Topliss-reactive ketones (excluding diaryl/α,β-unsaturated/α-hetero) is 1. The first-order chi connectivity index (χ1) is 16.8. The van der Waals surface area contributed by atoms with Gasteiger partial charge in [-0.15, -0.1) is 0 Å². The maximum absolute atomic E-state index is 14.1. The third-order valence-electron chi connectivity index (χ3n) is 10.4. The van der Waals surface area contributed by atoms with Gasteiger partial charge in [-0.2, -0.15) is 0 Å². The minimum Gasteiger partial charge on any atom is -0.472 e. The van der Waals surface area contributed by atoms with Crippen molar-refractivity contribution in [3.8, 4) is 0 Å². The summed E-state index contributed by atoms with van der Waals surface area (Å²) in [7, 11) is 1.29. The third kappa shape index (κ3) is 2.28.